The average Bonchev–Trinajstić information content (AvgIpc) is 2.58. The second-order valence-corrected chi connectivity index (χ2v) is 5.39. The fraction of sp³-hybridized carbons (Fsp3) is 0.0500. The smallest absolute Gasteiger partial charge is 0.255 e. The van der Waals surface area contributed by atoms with Gasteiger partial charge in [-0.1, -0.05) is 42.0 Å². The van der Waals surface area contributed by atoms with Gasteiger partial charge < -0.3 is 10.6 Å². The zero-order valence-electron chi connectivity index (χ0n) is 12.9. The predicted octanol–water partition coefficient (Wildman–Crippen LogP) is 4.99. The zero-order valence-corrected chi connectivity index (χ0v) is 12.9. The Hall–Kier alpha value is -3.07. The van der Waals surface area contributed by atoms with E-state index in [1.54, 1.807) is 6.07 Å². The van der Waals surface area contributed by atoms with Crippen LogP contribution < -0.4 is 10.6 Å². The summed E-state index contributed by atoms with van der Waals surface area (Å²) in [5.74, 6) is -0.120. The molecule has 0 unspecified atom stereocenters. The monoisotopic (exact) mass is 302 g/mol. The average molecular weight is 302 g/mol. The van der Waals surface area contributed by atoms with E-state index < -0.39 is 0 Å². The van der Waals surface area contributed by atoms with E-state index in [4.69, 9.17) is 0 Å². The first-order valence-corrected chi connectivity index (χ1v) is 7.51. The van der Waals surface area contributed by atoms with Crippen molar-refractivity contribution in [2.45, 2.75) is 6.92 Å². The second-order valence-electron chi connectivity index (χ2n) is 5.39. The van der Waals surface area contributed by atoms with Crippen LogP contribution in [0.3, 0.4) is 0 Å². The highest BCUT2D eigenvalue weighted by Crippen LogP contribution is 2.18. The molecule has 3 aromatic carbocycles. The highest BCUT2D eigenvalue weighted by atomic mass is 16.1. The van der Waals surface area contributed by atoms with Crippen molar-refractivity contribution >= 4 is 23.0 Å². The minimum absolute atomic E-state index is 0.120. The zero-order chi connectivity index (χ0) is 16.1. The number of anilines is 3. The molecule has 23 heavy (non-hydrogen) atoms. The quantitative estimate of drug-likeness (QED) is 0.712. The van der Waals surface area contributed by atoms with Gasteiger partial charge in [-0.25, -0.2) is 0 Å². The summed E-state index contributed by atoms with van der Waals surface area (Å²) in [4.78, 5) is 12.4. The van der Waals surface area contributed by atoms with E-state index in [-0.39, 0.29) is 5.91 Å². The third kappa shape index (κ3) is 3.98. The molecule has 114 valence electrons. The van der Waals surface area contributed by atoms with E-state index >= 15 is 0 Å². The minimum Gasteiger partial charge on any atom is -0.356 e. The molecule has 0 bridgehead atoms. The number of hydrogen-bond acceptors (Lipinski definition) is 2. The van der Waals surface area contributed by atoms with E-state index in [0.29, 0.717) is 5.56 Å². The SMILES string of the molecule is Cc1ccc(NC(=O)c2cccc(Nc3ccccc3)c2)cc1. The molecule has 1 amide bonds. The minimum atomic E-state index is -0.120. The van der Waals surface area contributed by atoms with Gasteiger partial charge in [0.1, 0.15) is 0 Å². The molecule has 0 saturated carbocycles. The van der Waals surface area contributed by atoms with Gasteiger partial charge in [-0.05, 0) is 49.4 Å². The predicted molar refractivity (Wildman–Crippen MR) is 95.3 cm³/mol. The van der Waals surface area contributed by atoms with E-state index in [1.807, 2.05) is 79.7 Å². The summed E-state index contributed by atoms with van der Waals surface area (Å²) in [6, 6.07) is 25.1. The number of benzene rings is 3. The third-order valence-electron chi connectivity index (χ3n) is 3.50. The third-order valence-corrected chi connectivity index (χ3v) is 3.50. The van der Waals surface area contributed by atoms with Gasteiger partial charge in [-0.15, -0.1) is 0 Å². The van der Waals surface area contributed by atoms with Crippen molar-refractivity contribution in [2.75, 3.05) is 10.6 Å². The van der Waals surface area contributed by atoms with Crippen molar-refractivity contribution < 1.29 is 4.79 Å². The highest BCUT2D eigenvalue weighted by molar-refractivity contribution is 6.04. The van der Waals surface area contributed by atoms with Gasteiger partial charge in [-0.3, -0.25) is 4.79 Å². The molecular formula is C20H18N2O. The summed E-state index contributed by atoms with van der Waals surface area (Å²) in [6.45, 7) is 2.02. The number of carbonyl (C=O) groups is 1. The van der Waals surface area contributed by atoms with Crippen LogP contribution in [0.1, 0.15) is 15.9 Å². The largest absolute Gasteiger partial charge is 0.356 e. The Balaban J connectivity index is 1.73. The molecule has 0 spiro atoms. The molecule has 0 radical (unpaired) electrons. The molecule has 0 fully saturated rings. The van der Waals surface area contributed by atoms with Crippen molar-refractivity contribution in [3.8, 4) is 0 Å². The van der Waals surface area contributed by atoms with Crippen molar-refractivity contribution in [3.63, 3.8) is 0 Å². The van der Waals surface area contributed by atoms with Crippen LogP contribution in [0.15, 0.2) is 78.9 Å². The molecule has 0 heterocycles. The van der Waals surface area contributed by atoms with Crippen LogP contribution >= 0.6 is 0 Å². The maximum atomic E-state index is 12.4. The van der Waals surface area contributed by atoms with Gasteiger partial charge in [0.05, 0.1) is 0 Å². The Labute approximate surface area is 136 Å². The number of rotatable bonds is 4. The van der Waals surface area contributed by atoms with Gasteiger partial charge in [-0.2, -0.15) is 0 Å². The maximum absolute atomic E-state index is 12.4. The van der Waals surface area contributed by atoms with Crippen LogP contribution in [0.25, 0.3) is 0 Å². The maximum Gasteiger partial charge on any atom is 0.255 e. The summed E-state index contributed by atoms with van der Waals surface area (Å²) in [7, 11) is 0. The summed E-state index contributed by atoms with van der Waals surface area (Å²) in [5, 5.41) is 6.20. The van der Waals surface area contributed by atoms with Crippen molar-refractivity contribution in [3.05, 3.63) is 90.0 Å². The summed E-state index contributed by atoms with van der Waals surface area (Å²) in [6.07, 6.45) is 0. The number of nitrogens with one attached hydrogen (secondary N) is 2. The molecule has 0 aliphatic rings. The van der Waals surface area contributed by atoms with E-state index in [1.165, 1.54) is 0 Å². The first-order chi connectivity index (χ1) is 11.2. The normalized spacial score (nSPS) is 10.1. The first-order valence-electron chi connectivity index (χ1n) is 7.51. The molecular weight excluding hydrogens is 284 g/mol. The molecule has 0 aliphatic heterocycles. The second kappa shape index (κ2) is 6.79. The Morgan fingerprint density at radius 3 is 2.17 bits per heavy atom. The Morgan fingerprint density at radius 1 is 0.739 bits per heavy atom. The first kappa shape index (κ1) is 14.9. The molecule has 0 atom stereocenters. The summed E-state index contributed by atoms with van der Waals surface area (Å²) >= 11 is 0. The number of amides is 1. The van der Waals surface area contributed by atoms with Crippen LogP contribution in [-0.4, -0.2) is 5.91 Å². The number of aryl methyl sites for hydroxylation is 1. The van der Waals surface area contributed by atoms with Gasteiger partial charge in [0, 0.05) is 22.6 Å². The molecule has 0 aliphatic carbocycles. The molecule has 3 rings (SSSR count). The lowest BCUT2D eigenvalue weighted by Crippen LogP contribution is -2.12. The lowest BCUT2D eigenvalue weighted by molar-refractivity contribution is 0.102. The van der Waals surface area contributed by atoms with Gasteiger partial charge in [0.2, 0.25) is 0 Å². The fourth-order valence-electron chi connectivity index (χ4n) is 2.27. The fourth-order valence-corrected chi connectivity index (χ4v) is 2.27. The van der Waals surface area contributed by atoms with Crippen LogP contribution in [0.2, 0.25) is 0 Å². The van der Waals surface area contributed by atoms with Gasteiger partial charge >= 0.3 is 0 Å². The lowest BCUT2D eigenvalue weighted by Gasteiger charge is -2.09. The molecule has 0 saturated heterocycles. The van der Waals surface area contributed by atoms with Crippen molar-refractivity contribution in [1.29, 1.82) is 0 Å². The van der Waals surface area contributed by atoms with Gasteiger partial charge in [0.15, 0.2) is 0 Å². The Bertz CT molecular complexity index is 795. The highest BCUT2D eigenvalue weighted by Gasteiger charge is 2.07. The topological polar surface area (TPSA) is 41.1 Å². The summed E-state index contributed by atoms with van der Waals surface area (Å²) < 4.78 is 0. The van der Waals surface area contributed by atoms with E-state index in [0.717, 1.165) is 22.6 Å². The number of carbonyl (C=O) groups excluding carboxylic acids is 1. The Kier molecular flexibility index (Phi) is 4.39. The van der Waals surface area contributed by atoms with E-state index in [9.17, 15) is 4.79 Å². The summed E-state index contributed by atoms with van der Waals surface area (Å²) in [5.41, 5.74) is 4.45. The molecule has 2 N–H and O–H groups in total. The molecule has 3 nitrogen and oxygen atoms in total. The Morgan fingerprint density at radius 2 is 1.43 bits per heavy atom. The van der Waals surface area contributed by atoms with E-state index in [2.05, 4.69) is 10.6 Å². The van der Waals surface area contributed by atoms with Crippen LogP contribution in [-0.2, 0) is 0 Å². The van der Waals surface area contributed by atoms with Crippen molar-refractivity contribution in [1.82, 2.24) is 0 Å². The van der Waals surface area contributed by atoms with Crippen LogP contribution in [0, 0.1) is 6.92 Å². The van der Waals surface area contributed by atoms with Crippen molar-refractivity contribution in [2.24, 2.45) is 0 Å². The lowest BCUT2D eigenvalue weighted by atomic mass is 10.1. The number of hydrogen-bond donors (Lipinski definition) is 2. The van der Waals surface area contributed by atoms with Crippen LogP contribution in [0.4, 0.5) is 17.1 Å². The molecule has 0 aromatic heterocycles. The number of para-hydroxylation sites is 1. The molecule has 3 heteroatoms. The standard InChI is InChI=1S/C20H18N2O/c1-15-10-12-18(13-11-15)22-20(23)16-6-5-9-19(14-16)21-17-7-3-2-4-8-17/h2-14,21H,1H3,(H,22,23). The molecule has 3 aromatic rings. The van der Waals surface area contributed by atoms with Gasteiger partial charge in [0.25, 0.3) is 5.91 Å². The van der Waals surface area contributed by atoms with Crippen LogP contribution in [0.5, 0.6) is 0 Å².